The molecular formula is C24H27FN4O5. The van der Waals surface area contributed by atoms with Gasteiger partial charge in [0, 0.05) is 49.5 Å². The van der Waals surface area contributed by atoms with Crippen molar-refractivity contribution < 1.29 is 24.1 Å². The van der Waals surface area contributed by atoms with E-state index >= 15 is 4.39 Å². The van der Waals surface area contributed by atoms with Gasteiger partial charge in [0.1, 0.15) is 22.7 Å². The highest BCUT2D eigenvalue weighted by molar-refractivity contribution is 5.99. The molecule has 4 rings (SSSR count). The Labute approximate surface area is 195 Å². The Morgan fingerprint density at radius 2 is 1.94 bits per heavy atom. The molecule has 180 valence electrons. The number of nitrogens with zero attached hydrogens (tertiary/aromatic N) is 1. The van der Waals surface area contributed by atoms with Crippen molar-refractivity contribution in [1.29, 1.82) is 0 Å². The van der Waals surface area contributed by atoms with Crippen molar-refractivity contribution in [3.05, 3.63) is 57.6 Å². The molecule has 1 fully saturated rings. The van der Waals surface area contributed by atoms with Gasteiger partial charge in [-0.25, -0.2) is 4.39 Å². The summed E-state index contributed by atoms with van der Waals surface area (Å²) < 4.78 is 20.8. The first-order valence-electron chi connectivity index (χ1n) is 10.9. The van der Waals surface area contributed by atoms with E-state index in [9.17, 15) is 19.8 Å². The molecule has 10 heteroatoms. The number of ether oxygens (including phenoxy) is 1. The second-order valence-corrected chi connectivity index (χ2v) is 8.56. The molecule has 34 heavy (non-hydrogen) atoms. The van der Waals surface area contributed by atoms with Crippen molar-refractivity contribution in [3.63, 3.8) is 0 Å². The highest BCUT2D eigenvalue weighted by Crippen LogP contribution is 2.37. The number of aromatic nitrogens is 1. The molecule has 0 saturated carbocycles. The Hall–Kier alpha value is -3.79. The minimum Gasteiger partial charge on any atom is -0.508 e. The fourth-order valence-electron chi connectivity index (χ4n) is 4.44. The molecule has 9 nitrogen and oxygen atoms in total. The van der Waals surface area contributed by atoms with E-state index in [0.717, 1.165) is 12.1 Å². The number of carbonyl (C=O) groups is 1. The van der Waals surface area contributed by atoms with Gasteiger partial charge in [0.25, 0.3) is 5.91 Å². The van der Waals surface area contributed by atoms with Gasteiger partial charge in [-0.3, -0.25) is 9.59 Å². The van der Waals surface area contributed by atoms with Crippen molar-refractivity contribution in [3.8, 4) is 17.2 Å². The monoisotopic (exact) mass is 470 g/mol. The lowest BCUT2D eigenvalue weighted by Gasteiger charge is -2.38. The third-order valence-corrected chi connectivity index (χ3v) is 5.89. The van der Waals surface area contributed by atoms with Crippen LogP contribution in [0.5, 0.6) is 17.2 Å². The van der Waals surface area contributed by atoms with Gasteiger partial charge in [-0.1, -0.05) is 0 Å². The molecule has 1 aromatic heterocycles. The maximum absolute atomic E-state index is 15.3. The number of hydrogen-bond acceptors (Lipinski definition) is 7. The summed E-state index contributed by atoms with van der Waals surface area (Å²) in [4.78, 5) is 30.6. The predicted molar refractivity (Wildman–Crippen MR) is 126 cm³/mol. The van der Waals surface area contributed by atoms with Crippen molar-refractivity contribution in [2.75, 3.05) is 25.1 Å². The second-order valence-electron chi connectivity index (χ2n) is 8.56. The highest BCUT2D eigenvalue weighted by Gasteiger charge is 2.28. The Bertz CT molecular complexity index is 1300. The number of rotatable bonds is 5. The van der Waals surface area contributed by atoms with Crippen LogP contribution in [0.1, 0.15) is 29.8 Å². The SMILES string of the molecule is COc1c(N2CC(C)NC(C)C2)c(F)cc2c(=O)c(C(=O)NCc3ccc(O)cc3O)c[nH]c12. The maximum atomic E-state index is 15.3. The molecule has 0 spiro atoms. The largest absolute Gasteiger partial charge is 0.508 e. The standard InChI is InChI=1S/C24H27FN4O5/c1-12-10-29(11-13(2)28-12)21-18(25)7-16-20(23(21)34-3)26-9-17(22(16)32)24(33)27-8-14-4-5-15(30)6-19(14)31/h4-7,9,12-13,28,30-31H,8,10-11H2,1-3H3,(H,26,32)(H,27,33). The topological polar surface area (TPSA) is 127 Å². The number of halogens is 1. The van der Waals surface area contributed by atoms with Crippen molar-refractivity contribution in [2.45, 2.75) is 32.5 Å². The van der Waals surface area contributed by atoms with Crippen molar-refractivity contribution in [2.24, 2.45) is 0 Å². The fraction of sp³-hybridized carbons (Fsp3) is 0.333. The predicted octanol–water partition coefficient (Wildman–Crippen LogP) is 2.20. The molecule has 3 aromatic rings. The molecule has 2 atom stereocenters. The van der Waals surface area contributed by atoms with Crippen LogP contribution in [0.15, 0.2) is 35.3 Å². The van der Waals surface area contributed by atoms with Crippen LogP contribution in [0.2, 0.25) is 0 Å². The summed E-state index contributed by atoms with van der Waals surface area (Å²) in [5.74, 6) is -1.40. The molecule has 0 radical (unpaired) electrons. The van der Waals surface area contributed by atoms with Crippen LogP contribution < -0.4 is 25.7 Å². The Balaban J connectivity index is 1.68. The van der Waals surface area contributed by atoms with Crippen LogP contribution in [0.3, 0.4) is 0 Å². The van der Waals surface area contributed by atoms with E-state index in [2.05, 4.69) is 15.6 Å². The van der Waals surface area contributed by atoms with E-state index in [4.69, 9.17) is 4.74 Å². The van der Waals surface area contributed by atoms with E-state index in [1.807, 2.05) is 18.7 Å². The highest BCUT2D eigenvalue weighted by atomic mass is 19.1. The van der Waals surface area contributed by atoms with Gasteiger partial charge < -0.3 is 35.5 Å². The summed E-state index contributed by atoms with van der Waals surface area (Å²) >= 11 is 0. The average Bonchev–Trinajstić information content (AvgIpc) is 2.77. The number of nitrogens with one attached hydrogen (secondary N) is 3. The number of fused-ring (bicyclic) bond motifs is 1. The van der Waals surface area contributed by atoms with E-state index < -0.39 is 17.2 Å². The first-order chi connectivity index (χ1) is 16.2. The minimum absolute atomic E-state index is 0.00513. The summed E-state index contributed by atoms with van der Waals surface area (Å²) in [6, 6.07) is 5.39. The molecule has 1 saturated heterocycles. The minimum atomic E-state index is -0.691. The number of H-pyrrole nitrogens is 1. The number of amides is 1. The quantitative estimate of drug-likeness (QED) is 0.387. The molecule has 1 amide bonds. The van der Waals surface area contributed by atoms with Gasteiger partial charge in [-0.05, 0) is 32.0 Å². The molecule has 5 N–H and O–H groups in total. The van der Waals surface area contributed by atoms with E-state index in [-0.39, 0.29) is 52.5 Å². The van der Waals surface area contributed by atoms with Crippen molar-refractivity contribution in [1.82, 2.24) is 15.6 Å². The number of hydrogen-bond donors (Lipinski definition) is 5. The Kier molecular flexibility index (Phi) is 6.34. The molecule has 0 aliphatic carbocycles. The zero-order chi connectivity index (χ0) is 24.6. The average molecular weight is 471 g/mol. The number of aromatic amines is 1. The first kappa shape index (κ1) is 23.4. The second kappa shape index (κ2) is 9.22. The van der Waals surface area contributed by atoms with Gasteiger partial charge in [0.15, 0.2) is 11.6 Å². The lowest BCUT2D eigenvalue weighted by atomic mass is 10.1. The summed E-state index contributed by atoms with van der Waals surface area (Å²) in [6.45, 7) is 5.09. The van der Waals surface area contributed by atoms with Crippen LogP contribution in [-0.4, -0.2) is 53.4 Å². The fourth-order valence-corrected chi connectivity index (χ4v) is 4.44. The molecule has 2 unspecified atom stereocenters. The van der Waals surface area contributed by atoms with E-state index in [0.29, 0.717) is 24.2 Å². The molecular weight excluding hydrogens is 443 g/mol. The number of methoxy groups -OCH3 is 1. The number of aromatic hydroxyl groups is 2. The van der Waals surface area contributed by atoms with Crippen LogP contribution >= 0.6 is 0 Å². The summed E-state index contributed by atoms with van der Waals surface area (Å²) in [7, 11) is 1.41. The Morgan fingerprint density at radius 3 is 2.59 bits per heavy atom. The Morgan fingerprint density at radius 1 is 1.24 bits per heavy atom. The lowest BCUT2D eigenvalue weighted by Crippen LogP contribution is -2.54. The van der Waals surface area contributed by atoms with Crippen LogP contribution in [0.25, 0.3) is 10.9 Å². The summed E-state index contributed by atoms with van der Waals surface area (Å²) in [6.07, 6.45) is 1.27. The van der Waals surface area contributed by atoms with Crippen LogP contribution in [0.4, 0.5) is 10.1 Å². The summed E-state index contributed by atoms with van der Waals surface area (Å²) in [5.41, 5.74) is 0.0814. The van der Waals surface area contributed by atoms with Gasteiger partial charge in [0.05, 0.1) is 18.0 Å². The molecule has 0 bridgehead atoms. The zero-order valence-electron chi connectivity index (χ0n) is 19.1. The van der Waals surface area contributed by atoms with Gasteiger partial charge in [-0.2, -0.15) is 0 Å². The van der Waals surface area contributed by atoms with Crippen LogP contribution in [-0.2, 0) is 6.54 Å². The number of phenols is 2. The molecule has 2 aromatic carbocycles. The number of benzene rings is 2. The molecule has 1 aliphatic rings. The maximum Gasteiger partial charge on any atom is 0.257 e. The van der Waals surface area contributed by atoms with E-state index in [1.54, 1.807) is 0 Å². The smallest absolute Gasteiger partial charge is 0.257 e. The first-order valence-corrected chi connectivity index (χ1v) is 10.9. The van der Waals surface area contributed by atoms with Gasteiger partial charge in [-0.15, -0.1) is 0 Å². The zero-order valence-corrected chi connectivity index (χ0v) is 19.1. The van der Waals surface area contributed by atoms with Gasteiger partial charge in [0.2, 0.25) is 5.43 Å². The number of piperazine rings is 1. The number of anilines is 1. The van der Waals surface area contributed by atoms with E-state index in [1.165, 1.54) is 25.4 Å². The molecule has 1 aliphatic heterocycles. The number of carbonyl (C=O) groups excluding carboxylic acids is 1. The van der Waals surface area contributed by atoms with Gasteiger partial charge >= 0.3 is 0 Å². The lowest BCUT2D eigenvalue weighted by molar-refractivity contribution is 0.0949. The van der Waals surface area contributed by atoms with Crippen LogP contribution in [0, 0.1) is 5.82 Å². The molecule has 2 heterocycles. The normalized spacial score (nSPS) is 18.2. The number of pyridine rings is 1. The number of phenolic OH excluding ortho intramolecular Hbond substituents is 2. The van der Waals surface area contributed by atoms with Crippen molar-refractivity contribution >= 4 is 22.5 Å². The third kappa shape index (κ3) is 4.36. The third-order valence-electron chi connectivity index (χ3n) is 5.89. The summed E-state index contributed by atoms with van der Waals surface area (Å²) in [5, 5.41) is 25.2.